The second-order valence-corrected chi connectivity index (χ2v) is 9.06. The summed E-state index contributed by atoms with van der Waals surface area (Å²) in [7, 11) is 1.57. The topological polar surface area (TPSA) is 71.3 Å². The van der Waals surface area contributed by atoms with Gasteiger partial charge in [0.15, 0.2) is 11.5 Å². The molecule has 6 heteroatoms. The summed E-state index contributed by atoms with van der Waals surface area (Å²) in [6.45, 7) is 2.45. The van der Waals surface area contributed by atoms with Crippen molar-refractivity contribution in [2.24, 2.45) is 0 Å². The quantitative estimate of drug-likeness (QED) is 0.148. The summed E-state index contributed by atoms with van der Waals surface area (Å²) in [5.41, 5.74) is 3.55. The lowest BCUT2D eigenvalue weighted by Gasteiger charge is -2.15. The molecule has 35 heavy (non-hydrogen) atoms. The zero-order valence-corrected chi connectivity index (χ0v) is 21.5. The van der Waals surface area contributed by atoms with E-state index in [2.05, 4.69) is 27.9 Å². The number of benzene rings is 4. The molecule has 0 heterocycles. The molecular formula is C29H23IN2O3. The molecule has 0 aromatic heterocycles. The van der Waals surface area contributed by atoms with Gasteiger partial charge in [-0.2, -0.15) is 5.26 Å². The number of rotatable bonds is 7. The molecule has 0 bridgehead atoms. The highest BCUT2D eigenvalue weighted by molar-refractivity contribution is 14.1. The Hall–Kier alpha value is -3.83. The number of amides is 1. The van der Waals surface area contributed by atoms with E-state index in [-0.39, 0.29) is 5.57 Å². The van der Waals surface area contributed by atoms with Crippen LogP contribution < -0.4 is 14.8 Å². The molecule has 0 atom stereocenters. The van der Waals surface area contributed by atoms with Gasteiger partial charge in [-0.3, -0.25) is 4.79 Å². The Balaban J connectivity index is 1.58. The van der Waals surface area contributed by atoms with E-state index in [9.17, 15) is 10.1 Å². The summed E-state index contributed by atoms with van der Waals surface area (Å²) in [4.78, 5) is 12.9. The Kier molecular flexibility index (Phi) is 7.68. The minimum atomic E-state index is -0.474. The fraction of sp³-hybridized carbons (Fsp3) is 0.103. The van der Waals surface area contributed by atoms with Crippen LogP contribution in [0, 0.1) is 21.8 Å². The molecule has 0 unspecified atom stereocenters. The lowest BCUT2D eigenvalue weighted by molar-refractivity contribution is -0.112. The van der Waals surface area contributed by atoms with Crippen molar-refractivity contribution in [2.75, 3.05) is 12.4 Å². The van der Waals surface area contributed by atoms with Crippen LogP contribution in [0.3, 0.4) is 0 Å². The second-order valence-electron chi connectivity index (χ2n) is 7.90. The predicted molar refractivity (Wildman–Crippen MR) is 147 cm³/mol. The Morgan fingerprint density at radius 3 is 2.57 bits per heavy atom. The number of carbonyl (C=O) groups excluding carboxylic acids is 1. The van der Waals surface area contributed by atoms with E-state index >= 15 is 0 Å². The SMILES string of the molecule is COc1cc(/C=C(\C#N)C(=O)Nc2cccc3ccccc23)cc(I)c1OCc1ccccc1C. The molecular weight excluding hydrogens is 551 g/mol. The van der Waals surface area contributed by atoms with Gasteiger partial charge in [0.2, 0.25) is 0 Å². The normalized spacial score (nSPS) is 11.1. The van der Waals surface area contributed by atoms with E-state index in [0.29, 0.717) is 29.4 Å². The average Bonchev–Trinajstić information content (AvgIpc) is 2.87. The van der Waals surface area contributed by atoms with Crippen LogP contribution in [0.15, 0.2) is 84.4 Å². The van der Waals surface area contributed by atoms with Gasteiger partial charge in [0, 0.05) is 11.1 Å². The number of carbonyl (C=O) groups is 1. The number of fused-ring (bicyclic) bond motifs is 1. The van der Waals surface area contributed by atoms with Crippen molar-refractivity contribution in [1.82, 2.24) is 0 Å². The molecule has 4 rings (SSSR count). The molecule has 0 aliphatic rings. The third kappa shape index (κ3) is 5.64. The minimum Gasteiger partial charge on any atom is -0.493 e. The maximum absolute atomic E-state index is 12.9. The van der Waals surface area contributed by atoms with Crippen molar-refractivity contribution >= 4 is 51.0 Å². The summed E-state index contributed by atoms with van der Waals surface area (Å²) < 4.78 is 12.5. The fourth-order valence-corrected chi connectivity index (χ4v) is 4.51. The number of nitrogens with one attached hydrogen (secondary N) is 1. The van der Waals surface area contributed by atoms with Gasteiger partial charge in [0.25, 0.3) is 5.91 Å². The number of nitriles is 1. The molecule has 0 saturated carbocycles. The van der Waals surface area contributed by atoms with Crippen LogP contribution in [0.1, 0.15) is 16.7 Å². The number of hydrogen-bond acceptors (Lipinski definition) is 4. The number of anilines is 1. The zero-order valence-electron chi connectivity index (χ0n) is 19.3. The largest absolute Gasteiger partial charge is 0.493 e. The molecule has 5 nitrogen and oxygen atoms in total. The average molecular weight is 574 g/mol. The number of ether oxygens (including phenoxy) is 2. The lowest BCUT2D eigenvalue weighted by atomic mass is 10.1. The van der Waals surface area contributed by atoms with Gasteiger partial charge in [-0.25, -0.2) is 0 Å². The number of aryl methyl sites for hydroxylation is 1. The van der Waals surface area contributed by atoms with E-state index in [1.807, 2.05) is 85.8 Å². The maximum atomic E-state index is 12.9. The molecule has 0 spiro atoms. The highest BCUT2D eigenvalue weighted by Gasteiger charge is 2.15. The molecule has 0 fully saturated rings. The van der Waals surface area contributed by atoms with Crippen LogP contribution in [0.4, 0.5) is 5.69 Å². The van der Waals surface area contributed by atoms with Gasteiger partial charge in [-0.05, 0) is 75.9 Å². The van der Waals surface area contributed by atoms with Gasteiger partial charge in [0.05, 0.1) is 10.7 Å². The van der Waals surface area contributed by atoms with Gasteiger partial charge in [0.1, 0.15) is 18.2 Å². The number of nitrogens with zero attached hydrogens (tertiary/aromatic N) is 1. The van der Waals surface area contributed by atoms with Gasteiger partial charge in [-0.15, -0.1) is 0 Å². The third-order valence-corrected chi connectivity index (χ3v) is 6.40. The van der Waals surface area contributed by atoms with Crippen LogP contribution in [0.5, 0.6) is 11.5 Å². The van der Waals surface area contributed by atoms with Crippen molar-refractivity contribution in [2.45, 2.75) is 13.5 Å². The molecule has 0 radical (unpaired) electrons. The predicted octanol–water partition coefficient (Wildman–Crippen LogP) is 6.89. The zero-order chi connectivity index (χ0) is 24.8. The first kappa shape index (κ1) is 24.3. The lowest BCUT2D eigenvalue weighted by Crippen LogP contribution is -2.13. The smallest absolute Gasteiger partial charge is 0.266 e. The molecule has 4 aromatic carbocycles. The van der Waals surface area contributed by atoms with Crippen LogP contribution in [-0.2, 0) is 11.4 Å². The maximum Gasteiger partial charge on any atom is 0.266 e. The highest BCUT2D eigenvalue weighted by atomic mass is 127. The molecule has 0 aliphatic heterocycles. The minimum absolute atomic E-state index is 0.00985. The molecule has 0 saturated heterocycles. The van der Waals surface area contributed by atoms with Gasteiger partial charge >= 0.3 is 0 Å². The standard InChI is InChI=1S/C29H23IN2O3/c1-19-8-3-4-10-22(19)18-35-28-25(30)15-20(16-27(28)34-2)14-23(17-31)29(33)32-26-13-7-11-21-9-5-6-12-24(21)26/h3-16H,18H2,1-2H3,(H,32,33)/b23-14+. The van der Waals surface area contributed by atoms with Crippen LogP contribution >= 0.6 is 22.6 Å². The van der Waals surface area contributed by atoms with Gasteiger partial charge < -0.3 is 14.8 Å². The van der Waals surface area contributed by atoms with Crippen molar-refractivity contribution in [3.63, 3.8) is 0 Å². The molecule has 1 N–H and O–H groups in total. The first-order valence-electron chi connectivity index (χ1n) is 11.0. The monoisotopic (exact) mass is 574 g/mol. The van der Waals surface area contributed by atoms with E-state index in [1.165, 1.54) is 0 Å². The first-order chi connectivity index (χ1) is 17.0. The fourth-order valence-electron chi connectivity index (χ4n) is 3.72. The van der Waals surface area contributed by atoms with Crippen molar-refractivity contribution in [1.29, 1.82) is 5.26 Å². The first-order valence-corrected chi connectivity index (χ1v) is 12.0. The number of hydrogen-bond donors (Lipinski definition) is 1. The summed E-state index contributed by atoms with van der Waals surface area (Å²) in [6.07, 6.45) is 1.55. The molecule has 174 valence electrons. The number of halogens is 1. The van der Waals surface area contributed by atoms with Crippen molar-refractivity contribution in [3.8, 4) is 17.6 Å². The molecule has 4 aromatic rings. The highest BCUT2D eigenvalue weighted by Crippen LogP contribution is 2.35. The summed E-state index contributed by atoms with van der Waals surface area (Å²) in [5, 5.41) is 14.5. The van der Waals surface area contributed by atoms with Crippen molar-refractivity contribution in [3.05, 3.63) is 105 Å². The Bertz CT molecular complexity index is 1470. The van der Waals surface area contributed by atoms with Gasteiger partial charge in [-0.1, -0.05) is 60.7 Å². The van der Waals surface area contributed by atoms with E-state index in [0.717, 1.165) is 25.5 Å². The summed E-state index contributed by atoms with van der Waals surface area (Å²) in [5.74, 6) is 0.674. The van der Waals surface area contributed by atoms with E-state index in [4.69, 9.17) is 9.47 Å². The second kappa shape index (κ2) is 11.1. The molecule has 1 amide bonds. The van der Waals surface area contributed by atoms with Crippen LogP contribution in [0.2, 0.25) is 0 Å². The van der Waals surface area contributed by atoms with Crippen LogP contribution in [-0.4, -0.2) is 13.0 Å². The molecule has 0 aliphatic carbocycles. The summed E-state index contributed by atoms with van der Waals surface area (Å²) >= 11 is 2.17. The third-order valence-electron chi connectivity index (χ3n) is 5.60. The number of methoxy groups -OCH3 is 1. The van der Waals surface area contributed by atoms with E-state index < -0.39 is 5.91 Å². The van der Waals surface area contributed by atoms with E-state index in [1.54, 1.807) is 19.3 Å². The summed E-state index contributed by atoms with van der Waals surface area (Å²) in [6, 6.07) is 27.1. The Morgan fingerprint density at radius 2 is 1.80 bits per heavy atom. The Morgan fingerprint density at radius 1 is 1.06 bits per heavy atom. The van der Waals surface area contributed by atoms with Crippen LogP contribution in [0.25, 0.3) is 16.8 Å². The van der Waals surface area contributed by atoms with Crippen molar-refractivity contribution < 1.29 is 14.3 Å². The Labute approximate surface area is 218 Å².